The number of thioether (sulfide) groups is 1. The Kier molecular flexibility index (Phi) is 4.27. The summed E-state index contributed by atoms with van der Waals surface area (Å²) in [6, 6.07) is 9.15. The Balaban J connectivity index is 1.85. The minimum atomic E-state index is -0.146. The molecular weight excluding hydrogens is 318 g/mol. The minimum Gasteiger partial charge on any atom is -0.300 e. The van der Waals surface area contributed by atoms with E-state index >= 15 is 0 Å². The molecule has 3 rings (SSSR count). The maximum Gasteiger partial charge on any atom is 0.264 e. The van der Waals surface area contributed by atoms with Gasteiger partial charge in [0, 0.05) is 17.4 Å². The number of nitrogens with one attached hydrogen (secondary N) is 1. The summed E-state index contributed by atoms with van der Waals surface area (Å²) in [7, 11) is 0. The summed E-state index contributed by atoms with van der Waals surface area (Å²) in [5, 5.41) is 4.01. The van der Waals surface area contributed by atoms with Crippen molar-refractivity contribution >= 4 is 46.2 Å². The summed E-state index contributed by atoms with van der Waals surface area (Å²) in [6.07, 6.45) is 5.20. The monoisotopic (exact) mass is 329 g/mol. The van der Waals surface area contributed by atoms with E-state index < -0.39 is 0 Å². The number of carbonyl (C=O) groups is 1. The molecule has 0 aliphatic carbocycles. The van der Waals surface area contributed by atoms with Crippen LogP contribution >= 0.6 is 23.4 Å². The Morgan fingerprint density at radius 1 is 1.27 bits per heavy atom. The van der Waals surface area contributed by atoms with Crippen molar-refractivity contribution in [2.75, 3.05) is 0 Å². The highest BCUT2D eigenvalue weighted by atomic mass is 35.5. The molecule has 22 heavy (non-hydrogen) atoms. The van der Waals surface area contributed by atoms with E-state index in [2.05, 4.69) is 15.3 Å². The number of hydrogen-bond acceptors (Lipinski definition) is 4. The second-order valence-corrected chi connectivity index (χ2v) is 6.16. The highest BCUT2D eigenvalue weighted by Gasteiger charge is 2.23. The van der Waals surface area contributed by atoms with E-state index in [1.807, 2.05) is 37.3 Å². The minimum absolute atomic E-state index is 0.146. The van der Waals surface area contributed by atoms with Crippen molar-refractivity contribution in [1.29, 1.82) is 0 Å². The van der Waals surface area contributed by atoms with Gasteiger partial charge in [-0.25, -0.2) is 4.99 Å². The van der Waals surface area contributed by atoms with E-state index in [1.54, 1.807) is 18.5 Å². The zero-order valence-electron chi connectivity index (χ0n) is 11.7. The first-order chi connectivity index (χ1) is 10.6. The van der Waals surface area contributed by atoms with Crippen molar-refractivity contribution < 1.29 is 4.79 Å². The average molecular weight is 330 g/mol. The van der Waals surface area contributed by atoms with E-state index in [9.17, 15) is 4.79 Å². The lowest BCUT2D eigenvalue weighted by molar-refractivity contribution is -0.115. The number of amidine groups is 1. The van der Waals surface area contributed by atoms with Gasteiger partial charge in [-0.05, 0) is 66.2 Å². The molecule has 0 spiro atoms. The molecule has 1 aromatic heterocycles. The molecule has 4 nitrogen and oxygen atoms in total. The Bertz CT molecular complexity index is 787. The molecule has 0 bridgehead atoms. The number of hydrogen-bond donors (Lipinski definition) is 1. The molecule has 1 amide bonds. The Morgan fingerprint density at radius 2 is 2.05 bits per heavy atom. The van der Waals surface area contributed by atoms with Crippen LogP contribution < -0.4 is 5.32 Å². The molecular formula is C16H12ClN3OS. The smallest absolute Gasteiger partial charge is 0.264 e. The molecule has 0 atom stereocenters. The van der Waals surface area contributed by atoms with Crippen molar-refractivity contribution in [1.82, 2.24) is 10.3 Å². The van der Waals surface area contributed by atoms with E-state index in [0.717, 1.165) is 16.8 Å². The van der Waals surface area contributed by atoms with Gasteiger partial charge in [0.2, 0.25) is 0 Å². The van der Waals surface area contributed by atoms with Crippen LogP contribution in [0.3, 0.4) is 0 Å². The maximum absolute atomic E-state index is 12.0. The number of benzene rings is 1. The number of aromatic nitrogens is 1. The molecule has 1 saturated heterocycles. The number of nitrogens with zero attached hydrogens (tertiary/aromatic N) is 2. The summed E-state index contributed by atoms with van der Waals surface area (Å²) >= 11 is 7.25. The van der Waals surface area contributed by atoms with Crippen molar-refractivity contribution in [2.24, 2.45) is 4.99 Å². The summed E-state index contributed by atoms with van der Waals surface area (Å²) in [5.41, 5.74) is 2.68. The number of carbonyl (C=O) groups excluding carboxylic acids is 1. The number of rotatable bonds is 2. The van der Waals surface area contributed by atoms with Gasteiger partial charge in [-0.2, -0.15) is 0 Å². The second kappa shape index (κ2) is 6.34. The largest absolute Gasteiger partial charge is 0.300 e. The van der Waals surface area contributed by atoms with Crippen LogP contribution in [0.4, 0.5) is 5.69 Å². The number of amides is 1. The van der Waals surface area contributed by atoms with Crippen LogP contribution in [0.2, 0.25) is 5.02 Å². The summed E-state index contributed by atoms with van der Waals surface area (Å²) in [4.78, 5) is 21.0. The Morgan fingerprint density at radius 3 is 2.77 bits per heavy atom. The van der Waals surface area contributed by atoms with Crippen molar-refractivity contribution in [3.63, 3.8) is 0 Å². The van der Waals surface area contributed by atoms with Gasteiger partial charge >= 0.3 is 0 Å². The maximum atomic E-state index is 12.0. The fraction of sp³-hybridized carbons (Fsp3) is 0.0625. The van der Waals surface area contributed by atoms with E-state index in [4.69, 9.17) is 11.6 Å². The number of pyridine rings is 1. The number of aliphatic imine (C=N–C) groups is 1. The highest BCUT2D eigenvalue weighted by molar-refractivity contribution is 8.18. The molecule has 1 fully saturated rings. The van der Waals surface area contributed by atoms with Crippen LogP contribution in [-0.2, 0) is 4.79 Å². The Hall–Kier alpha value is -2.11. The Labute approximate surface area is 137 Å². The summed E-state index contributed by atoms with van der Waals surface area (Å²) < 4.78 is 0. The summed E-state index contributed by atoms with van der Waals surface area (Å²) in [5.74, 6) is -0.146. The third kappa shape index (κ3) is 3.37. The zero-order valence-corrected chi connectivity index (χ0v) is 13.3. The van der Waals surface area contributed by atoms with Crippen LogP contribution in [-0.4, -0.2) is 16.1 Å². The van der Waals surface area contributed by atoms with Gasteiger partial charge < -0.3 is 5.32 Å². The lowest BCUT2D eigenvalue weighted by atomic mass is 10.2. The third-order valence-electron chi connectivity index (χ3n) is 3.04. The molecule has 1 aromatic carbocycles. The van der Waals surface area contributed by atoms with Crippen LogP contribution in [0, 0.1) is 6.92 Å². The molecule has 0 radical (unpaired) electrons. The molecule has 110 valence electrons. The van der Waals surface area contributed by atoms with Crippen LogP contribution in [0.1, 0.15) is 11.1 Å². The van der Waals surface area contributed by atoms with Gasteiger partial charge in [-0.1, -0.05) is 11.6 Å². The van der Waals surface area contributed by atoms with Gasteiger partial charge in [0.1, 0.15) is 0 Å². The predicted molar refractivity (Wildman–Crippen MR) is 91.2 cm³/mol. The van der Waals surface area contributed by atoms with E-state index in [-0.39, 0.29) is 5.91 Å². The lowest BCUT2D eigenvalue weighted by Gasteiger charge is -2.01. The van der Waals surface area contributed by atoms with Gasteiger partial charge in [0.05, 0.1) is 10.6 Å². The molecule has 0 unspecified atom stereocenters. The fourth-order valence-corrected chi connectivity index (χ4v) is 3.01. The number of halogens is 1. The first-order valence-electron chi connectivity index (χ1n) is 6.57. The predicted octanol–water partition coefficient (Wildman–Crippen LogP) is 3.94. The average Bonchev–Trinajstić information content (AvgIpc) is 2.83. The molecule has 1 aliphatic rings. The molecule has 0 saturated carbocycles. The van der Waals surface area contributed by atoms with Crippen LogP contribution in [0.25, 0.3) is 6.08 Å². The van der Waals surface area contributed by atoms with Gasteiger partial charge in [-0.15, -0.1) is 0 Å². The molecule has 1 aliphatic heterocycles. The van der Waals surface area contributed by atoms with Crippen LogP contribution in [0.15, 0.2) is 52.6 Å². The third-order valence-corrected chi connectivity index (χ3v) is 4.18. The summed E-state index contributed by atoms with van der Waals surface area (Å²) in [6.45, 7) is 1.93. The highest BCUT2D eigenvalue weighted by Crippen LogP contribution is 2.29. The fourth-order valence-electron chi connectivity index (χ4n) is 1.95. The quantitative estimate of drug-likeness (QED) is 0.849. The first kappa shape index (κ1) is 14.8. The SMILES string of the molecule is Cc1cc(Cl)ccc1N=C1NC(=O)/C(=C/c2ccncc2)S1. The van der Waals surface area contributed by atoms with Crippen molar-refractivity contribution in [3.8, 4) is 0 Å². The lowest BCUT2D eigenvalue weighted by Crippen LogP contribution is -2.19. The topological polar surface area (TPSA) is 54.4 Å². The van der Waals surface area contributed by atoms with Crippen molar-refractivity contribution in [2.45, 2.75) is 6.92 Å². The number of aryl methyl sites for hydroxylation is 1. The molecule has 6 heteroatoms. The van der Waals surface area contributed by atoms with Gasteiger partial charge in [-0.3, -0.25) is 9.78 Å². The molecule has 2 aromatic rings. The van der Waals surface area contributed by atoms with Crippen LogP contribution in [0.5, 0.6) is 0 Å². The zero-order chi connectivity index (χ0) is 15.5. The normalized spacial score (nSPS) is 18.0. The van der Waals surface area contributed by atoms with Crippen molar-refractivity contribution in [3.05, 3.63) is 63.8 Å². The van der Waals surface area contributed by atoms with E-state index in [0.29, 0.717) is 15.1 Å². The molecule has 2 heterocycles. The first-order valence-corrected chi connectivity index (χ1v) is 7.77. The standard InChI is InChI=1S/C16H12ClN3OS/c1-10-8-12(17)2-3-13(10)19-16-20-15(21)14(22-16)9-11-4-6-18-7-5-11/h2-9H,1H3,(H,19,20,21)/b14-9-. The van der Waals surface area contributed by atoms with E-state index in [1.165, 1.54) is 11.8 Å². The molecule has 1 N–H and O–H groups in total. The van der Waals surface area contributed by atoms with Gasteiger partial charge in [0.15, 0.2) is 5.17 Å². The van der Waals surface area contributed by atoms with Gasteiger partial charge in [0.25, 0.3) is 5.91 Å². The second-order valence-electron chi connectivity index (χ2n) is 4.69.